The summed E-state index contributed by atoms with van der Waals surface area (Å²) in [6.07, 6.45) is 2.19. The lowest BCUT2D eigenvalue weighted by Gasteiger charge is -2.27. The van der Waals surface area contributed by atoms with Crippen molar-refractivity contribution >= 4 is 9.84 Å². The molecule has 0 saturated heterocycles. The van der Waals surface area contributed by atoms with Crippen molar-refractivity contribution in [2.24, 2.45) is 11.7 Å². The van der Waals surface area contributed by atoms with Crippen molar-refractivity contribution in [3.05, 3.63) is 29.8 Å². The summed E-state index contributed by atoms with van der Waals surface area (Å²) in [6.45, 7) is 7.32. The average Bonchev–Trinajstić information content (AvgIpc) is 2.42. The summed E-state index contributed by atoms with van der Waals surface area (Å²) >= 11 is 0. The van der Waals surface area contributed by atoms with Gasteiger partial charge in [0, 0.05) is 18.3 Å². The van der Waals surface area contributed by atoms with Gasteiger partial charge in [-0.1, -0.05) is 26.0 Å². The first-order valence-electron chi connectivity index (χ1n) is 7.38. The molecule has 0 aliphatic carbocycles. The molecule has 0 aliphatic heterocycles. The molecule has 0 spiro atoms. The highest BCUT2D eigenvalue weighted by atomic mass is 32.2. The Labute approximate surface area is 129 Å². The van der Waals surface area contributed by atoms with Gasteiger partial charge in [-0.2, -0.15) is 0 Å². The standard InChI is InChI=1S/C16H28N2O2S/c1-12(2)16(17)10-11-18(4)13(3)14-6-8-15(9-7-14)21(5,19)20/h6-9,12-13,16H,10-11,17H2,1-5H3. The first-order valence-corrected chi connectivity index (χ1v) is 9.28. The lowest BCUT2D eigenvalue weighted by Crippen LogP contribution is -2.32. The van der Waals surface area contributed by atoms with Crippen LogP contribution in [0.5, 0.6) is 0 Å². The highest BCUT2D eigenvalue weighted by molar-refractivity contribution is 7.90. The highest BCUT2D eigenvalue weighted by Gasteiger charge is 2.15. The zero-order chi connectivity index (χ0) is 16.2. The van der Waals surface area contributed by atoms with Crippen LogP contribution in [-0.4, -0.2) is 39.2 Å². The number of benzene rings is 1. The molecule has 21 heavy (non-hydrogen) atoms. The molecule has 0 radical (unpaired) electrons. The fourth-order valence-electron chi connectivity index (χ4n) is 2.13. The van der Waals surface area contributed by atoms with Crippen LogP contribution in [0, 0.1) is 5.92 Å². The second-order valence-electron chi connectivity index (χ2n) is 6.19. The Morgan fingerprint density at radius 2 is 1.67 bits per heavy atom. The number of nitrogens with zero attached hydrogens (tertiary/aromatic N) is 1. The minimum atomic E-state index is -3.13. The van der Waals surface area contributed by atoms with Crippen molar-refractivity contribution in [3.63, 3.8) is 0 Å². The number of rotatable bonds is 7. The third kappa shape index (κ3) is 5.41. The lowest BCUT2D eigenvalue weighted by molar-refractivity contribution is 0.243. The number of sulfone groups is 1. The molecule has 0 aromatic heterocycles. The SMILES string of the molecule is CC(C)C(N)CCN(C)C(C)c1ccc(S(C)(=O)=O)cc1. The third-order valence-electron chi connectivity index (χ3n) is 4.12. The highest BCUT2D eigenvalue weighted by Crippen LogP contribution is 2.21. The normalized spacial score (nSPS) is 15.4. The van der Waals surface area contributed by atoms with Gasteiger partial charge in [-0.25, -0.2) is 8.42 Å². The maximum Gasteiger partial charge on any atom is 0.175 e. The van der Waals surface area contributed by atoms with E-state index in [1.54, 1.807) is 12.1 Å². The Kier molecular flexibility index (Phi) is 6.38. The molecule has 0 heterocycles. The Balaban J connectivity index is 2.68. The van der Waals surface area contributed by atoms with Gasteiger partial charge >= 0.3 is 0 Å². The van der Waals surface area contributed by atoms with Gasteiger partial charge in [0.05, 0.1) is 4.90 Å². The van der Waals surface area contributed by atoms with Crippen molar-refractivity contribution < 1.29 is 8.42 Å². The van der Waals surface area contributed by atoms with Crippen LogP contribution in [0.25, 0.3) is 0 Å². The Morgan fingerprint density at radius 3 is 2.10 bits per heavy atom. The molecule has 0 fully saturated rings. The van der Waals surface area contributed by atoms with Crippen LogP contribution in [0.15, 0.2) is 29.2 Å². The summed E-state index contributed by atoms with van der Waals surface area (Å²) in [4.78, 5) is 2.61. The fraction of sp³-hybridized carbons (Fsp3) is 0.625. The Bertz CT molecular complexity index is 538. The van der Waals surface area contributed by atoms with Crippen molar-refractivity contribution in [2.45, 2.75) is 44.2 Å². The summed E-state index contributed by atoms with van der Waals surface area (Å²) < 4.78 is 22.9. The zero-order valence-electron chi connectivity index (χ0n) is 13.7. The van der Waals surface area contributed by atoms with Crippen LogP contribution in [0.3, 0.4) is 0 Å². The van der Waals surface area contributed by atoms with E-state index in [-0.39, 0.29) is 12.1 Å². The van der Waals surface area contributed by atoms with Crippen molar-refractivity contribution in [3.8, 4) is 0 Å². The van der Waals surface area contributed by atoms with Gasteiger partial charge in [0.25, 0.3) is 0 Å². The Hall–Kier alpha value is -0.910. The summed E-state index contributed by atoms with van der Waals surface area (Å²) in [6, 6.07) is 7.58. The van der Waals surface area contributed by atoms with E-state index >= 15 is 0 Å². The molecule has 2 unspecified atom stereocenters. The van der Waals surface area contributed by atoms with Gasteiger partial charge in [-0.05, 0) is 50.6 Å². The molecule has 0 amide bonds. The van der Waals surface area contributed by atoms with E-state index < -0.39 is 9.84 Å². The molecule has 1 aromatic rings. The molecular weight excluding hydrogens is 284 g/mol. The smallest absolute Gasteiger partial charge is 0.175 e. The minimum absolute atomic E-state index is 0.215. The molecule has 5 heteroatoms. The Morgan fingerprint density at radius 1 is 1.14 bits per heavy atom. The first-order chi connectivity index (χ1) is 9.62. The van der Waals surface area contributed by atoms with Gasteiger partial charge in [-0.3, -0.25) is 4.90 Å². The molecule has 2 atom stereocenters. The van der Waals surface area contributed by atoms with E-state index in [4.69, 9.17) is 5.73 Å². The van der Waals surface area contributed by atoms with Crippen molar-refractivity contribution in [2.75, 3.05) is 19.8 Å². The molecule has 4 nitrogen and oxygen atoms in total. The van der Waals surface area contributed by atoms with Crippen molar-refractivity contribution in [1.29, 1.82) is 0 Å². The maximum atomic E-state index is 11.5. The predicted molar refractivity (Wildman–Crippen MR) is 88.0 cm³/mol. The van der Waals surface area contributed by atoms with Crippen molar-refractivity contribution in [1.82, 2.24) is 4.90 Å². The average molecular weight is 312 g/mol. The summed E-state index contributed by atoms with van der Waals surface area (Å²) in [5.74, 6) is 0.489. The molecule has 2 N–H and O–H groups in total. The lowest BCUT2D eigenvalue weighted by atomic mass is 10.0. The molecule has 1 aromatic carbocycles. The molecule has 0 aliphatic rings. The number of nitrogens with two attached hydrogens (primary N) is 1. The summed E-state index contributed by atoms with van der Waals surface area (Å²) in [5.41, 5.74) is 7.19. The molecular formula is C16H28N2O2S. The van der Waals surface area contributed by atoms with E-state index in [9.17, 15) is 8.42 Å². The van der Waals surface area contributed by atoms with Gasteiger partial charge in [-0.15, -0.1) is 0 Å². The monoisotopic (exact) mass is 312 g/mol. The summed E-state index contributed by atoms with van der Waals surface area (Å²) in [5, 5.41) is 0. The van der Waals surface area contributed by atoms with Gasteiger partial charge in [0.2, 0.25) is 0 Å². The maximum absolute atomic E-state index is 11.5. The van der Waals surface area contributed by atoms with Crippen LogP contribution >= 0.6 is 0 Å². The van der Waals surface area contributed by atoms with Gasteiger partial charge < -0.3 is 5.73 Å². The number of hydrogen-bond donors (Lipinski definition) is 1. The molecule has 120 valence electrons. The molecule has 1 rings (SSSR count). The van der Waals surface area contributed by atoms with Gasteiger partial charge in [0.15, 0.2) is 9.84 Å². The van der Waals surface area contributed by atoms with E-state index in [0.717, 1.165) is 18.5 Å². The molecule has 0 saturated carbocycles. The molecule has 0 bridgehead atoms. The van der Waals surface area contributed by atoms with Crippen LogP contribution < -0.4 is 5.73 Å². The number of hydrogen-bond acceptors (Lipinski definition) is 4. The quantitative estimate of drug-likeness (QED) is 0.840. The van der Waals surface area contributed by atoms with E-state index in [2.05, 4.69) is 32.7 Å². The summed E-state index contributed by atoms with van der Waals surface area (Å²) in [7, 11) is -1.06. The van der Waals surface area contributed by atoms with Gasteiger partial charge in [0.1, 0.15) is 0 Å². The fourth-order valence-corrected chi connectivity index (χ4v) is 2.76. The van der Waals surface area contributed by atoms with Crippen LogP contribution in [0.4, 0.5) is 0 Å². The van der Waals surface area contributed by atoms with E-state index in [1.165, 1.54) is 6.26 Å². The second-order valence-corrected chi connectivity index (χ2v) is 8.21. The van der Waals surface area contributed by atoms with Crippen LogP contribution in [-0.2, 0) is 9.84 Å². The van der Waals surface area contributed by atoms with Crippen LogP contribution in [0.1, 0.15) is 38.8 Å². The minimum Gasteiger partial charge on any atom is -0.327 e. The topological polar surface area (TPSA) is 63.4 Å². The van der Waals surface area contributed by atoms with Crippen LogP contribution in [0.2, 0.25) is 0 Å². The largest absolute Gasteiger partial charge is 0.327 e. The predicted octanol–water partition coefficient (Wildman–Crippen LogP) is 2.46. The van der Waals surface area contributed by atoms with E-state index in [1.807, 2.05) is 12.1 Å². The first kappa shape index (κ1) is 18.1. The third-order valence-corrected chi connectivity index (χ3v) is 5.25. The zero-order valence-corrected chi connectivity index (χ0v) is 14.5. The second kappa shape index (κ2) is 7.38. The van der Waals surface area contributed by atoms with E-state index in [0.29, 0.717) is 10.8 Å².